The van der Waals surface area contributed by atoms with Crippen molar-refractivity contribution in [1.29, 1.82) is 0 Å². The first-order valence-electron chi connectivity index (χ1n) is 9.33. The number of hydrogen-bond donors (Lipinski definition) is 2. The second kappa shape index (κ2) is 11.4. The summed E-state index contributed by atoms with van der Waals surface area (Å²) < 4.78 is 23.1. The van der Waals surface area contributed by atoms with Crippen LogP contribution in [-0.4, -0.2) is 51.3 Å². The molecule has 3 amide bonds. The fourth-order valence-corrected chi connectivity index (χ4v) is 2.57. The molecule has 0 aliphatic heterocycles. The summed E-state index contributed by atoms with van der Waals surface area (Å²) in [7, 11) is 1.53. The van der Waals surface area contributed by atoms with Crippen LogP contribution < -0.4 is 20.3 Å². The molecule has 2 N–H and O–H groups in total. The maximum atomic E-state index is 13.3. The first-order chi connectivity index (χ1) is 14.4. The van der Waals surface area contributed by atoms with Gasteiger partial charge in [-0.3, -0.25) is 9.59 Å². The predicted octanol–water partition coefficient (Wildman–Crippen LogP) is 2.34. The molecule has 0 saturated carbocycles. The Labute approximate surface area is 174 Å². The maximum Gasteiger partial charge on any atom is 0.325 e. The minimum absolute atomic E-state index is 0.105. The van der Waals surface area contributed by atoms with Gasteiger partial charge < -0.3 is 25.0 Å². The minimum atomic E-state index is -0.570. The van der Waals surface area contributed by atoms with Crippen molar-refractivity contribution < 1.29 is 28.2 Å². The summed E-state index contributed by atoms with van der Waals surface area (Å²) >= 11 is 0. The van der Waals surface area contributed by atoms with Crippen LogP contribution in [0.4, 0.5) is 14.9 Å². The molecule has 0 fully saturated rings. The molecule has 0 unspecified atom stereocenters. The molecule has 0 atom stereocenters. The van der Waals surface area contributed by atoms with Crippen LogP contribution in [0.15, 0.2) is 48.5 Å². The number of anilines is 1. The molecular weight excluding hydrogens is 393 g/mol. The van der Waals surface area contributed by atoms with Crippen molar-refractivity contribution in [2.45, 2.75) is 6.92 Å². The van der Waals surface area contributed by atoms with Gasteiger partial charge in [-0.1, -0.05) is 0 Å². The Hall–Kier alpha value is -3.62. The fraction of sp³-hybridized carbons (Fsp3) is 0.286. The van der Waals surface area contributed by atoms with Crippen LogP contribution in [0.2, 0.25) is 0 Å². The van der Waals surface area contributed by atoms with Crippen LogP contribution in [0.1, 0.15) is 17.3 Å². The van der Waals surface area contributed by atoms with Gasteiger partial charge in [-0.25, -0.2) is 9.18 Å². The standard InChI is InChI=1S/C21H24FN3O5/c1-3-30-19(26)14-24-21(28)23-12-13-25(17-8-6-16(22)7-9-17)20(27)15-4-10-18(29-2)11-5-15/h4-11H,3,12-14H2,1-2H3,(H2,23,24,28). The second-order valence-corrected chi connectivity index (χ2v) is 6.08. The Kier molecular flexibility index (Phi) is 8.61. The number of carbonyl (C=O) groups is 3. The van der Waals surface area contributed by atoms with Crippen molar-refractivity contribution in [1.82, 2.24) is 10.6 Å². The highest BCUT2D eigenvalue weighted by Gasteiger charge is 2.18. The SMILES string of the molecule is CCOC(=O)CNC(=O)NCCN(C(=O)c1ccc(OC)cc1)c1ccc(F)cc1. The molecule has 0 heterocycles. The zero-order chi connectivity index (χ0) is 21.9. The van der Waals surface area contributed by atoms with E-state index in [1.165, 1.54) is 36.3 Å². The van der Waals surface area contributed by atoms with Gasteiger partial charge >= 0.3 is 12.0 Å². The van der Waals surface area contributed by atoms with E-state index >= 15 is 0 Å². The lowest BCUT2D eigenvalue weighted by Crippen LogP contribution is -2.43. The number of hydrogen-bond acceptors (Lipinski definition) is 5. The molecule has 30 heavy (non-hydrogen) atoms. The Morgan fingerprint density at radius 1 is 1.00 bits per heavy atom. The number of ether oxygens (including phenoxy) is 2. The van der Waals surface area contributed by atoms with E-state index in [1.54, 1.807) is 31.2 Å². The number of methoxy groups -OCH3 is 1. The maximum absolute atomic E-state index is 13.3. The van der Waals surface area contributed by atoms with Crippen molar-refractivity contribution in [2.75, 3.05) is 38.3 Å². The number of rotatable bonds is 9. The number of benzene rings is 2. The molecule has 2 rings (SSSR count). The summed E-state index contributed by atoms with van der Waals surface area (Å²) in [5, 5.41) is 4.94. The summed E-state index contributed by atoms with van der Waals surface area (Å²) in [5.74, 6) is -0.680. The largest absolute Gasteiger partial charge is 0.497 e. The number of amides is 3. The van der Waals surface area contributed by atoms with E-state index in [9.17, 15) is 18.8 Å². The highest BCUT2D eigenvalue weighted by atomic mass is 19.1. The first kappa shape index (κ1) is 22.7. The highest BCUT2D eigenvalue weighted by molar-refractivity contribution is 6.06. The van der Waals surface area contributed by atoms with Crippen LogP contribution in [0.3, 0.4) is 0 Å². The summed E-state index contributed by atoms with van der Waals surface area (Å²) in [6, 6.07) is 11.5. The van der Waals surface area contributed by atoms with E-state index in [0.717, 1.165) is 0 Å². The molecule has 2 aromatic rings. The van der Waals surface area contributed by atoms with Gasteiger partial charge in [0.25, 0.3) is 5.91 Å². The third-order valence-electron chi connectivity index (χ3n) is 4.04. The minimum Gasteiger partial charge on any atom is -0.497 e. The average Bonchev–Trinajstić information content (AvgIpc) is 2.76. The quantitative estimate of drug-likeness (QED) is 0.611. The molecule has 8 nitrogen and oxygen atoms in total. The van der Waals surface area contributed by atoms with Crippen LogP contribution >= 0.6 is 0 Å². The van der Waals surface area contributed by atoms with Crippen LogP contribution in [0.25, 0.3) is 0 Å². The third kappa shape index (κ3) is 6.77. The average molecular weight is 417 g/mol. The third-order valence-corrected chi connectivity index (χ3v) is 4.04. The highest BCUT2D eigenvalue weighted by Crippen LogP contribution is 2.19. The number of nitrogens with zero attached hydrogens (tertiary/aromatic N) is 1. The van der Waals surface area contributed by atoms with E-state index in [2.05, 4.69) is 10.6 Å². The molecule has 0 aliphatic carbocycles. The van der Waals surface area contributed by atoms with Crippen molar-refractivity contribution in [3.63, 3.8) is 0 Å². The van der Waals surface area contributed by atoms with Gasteiger partial charge in [-0.15, -0.1) is 0 Å². The molecule has 160 valence electrons. The lowest BCUT2D eigenvalue weighted by atomic mass is 10.1. The van der Waals surface area contributed by atoms with Crippen molar-refractivity contribution in [2.24, 2.45) is 0 Å². The second-order valence-electron chi connectivity index (χ2n) is 6.08. The number of urea groups is 1. The number of esters is 1. The van der Waals surface area contributed by atoms with Crippen molar-refractivity contribution in [3.8, 4) is 5.75 Å². The molecule has 0 spiro atoms. The van der Waals surface area contributed by atoms with Gasteiger partial charge in [0.15, 0.2) is 0 Å². The predicted molar refractivity (Wildman–Crippen MR) is 109 cm³/mol. The van der Waals surface area contributed by atoms with Gasteiger partial charge in [0, 0.05) is 24.3 Å². The molecule has 0 aromatic heterocycles. The Balaban J connectivity index is 2.03. The Morgan fingerprint density at radius 3 is 2.27 bits per heavy atom. The van der Waals surface area contributed by atoms with Gasteiger partial charge in [-0.05, 0) is 55.5 Å². The summed E-state index contributed by atoms with van der Waals surface area (Å²) in [4.78, 5) is 37.5. The lowest BCUT2D eigenvalue weighted by Gasteiger charge is -2.23. The smallest absolute Gasteiger partial charge is 0.325 e. The van der Waals surface area contributed by atoms with E-state index in [-0.39, 0.29) is 32.1 Å². The number of nitrogens with one attached hydrogen (secondary N) is 2. The van der Waals surface area contributed by atoms with Crippen LogP contribution in [0, 0.1) is 5.82 Å². The molecular formula is C21H24FN3O5. The zero-order valence-corrected chi connectivity index (χ0v) is 16.8. The molecule has 0 saturated heterocycles. The normalized spacial score (nSPS) is 10.1. The molecule has 9 heteroatoms. The molecule has 2 aromatic carbocycles. The number of carbonyl (C=O) groups excluding carboxylic acids is 3. The summed E-state index contributed by atoms with van der Waals surface area (Å²) in [6.45, 7) is 1.87. The van der Waals surface area contributed by atoms with E-state index in [0.29, 0.717) is 17.0 Å². The van der Waals surface area contributed by atoms with E-state index < -0.39 is 17.8 Å². The first-order valence-corrected chi connectivity index (χ1v) is 9.33. The Morgan fingerprint density at radius 2 is 1.67 bits per heavy atom. The fourth-order valence-electron chi connectivity index (χ4n) is 2.57. The van der Waals surface area contributed by atoms with Crippen LogP contribution in [-0.2, 0) is 9.53 Å². The summed E-state index contributed by atoms with van der Waals surface area (Å²) in [5.41, 5.74) is 0.887. The van der Waals surface area contributed by atoms with Crippen molar-refractivity contribution in [3.05, 3.63) is 59.9 Å². The topological polar surface area (TPSA) is 97.0 Å². The van der Waals surface area contributed by atoms with Gasteiger partial charge in [0.05, 0.1) is 13.7 Å². The molecule has 0 bridgehead atoms. The van der Waals surface area contributed by atoms with Crippen LogP contribution in [0.5, 0.6) is 5.75 Å². The van der Waals surface area contributed by atoms with Crippen molar-refractivity contribution >= 4 is 23.6 Å². The number of halogens is 1. The van der Waals surface area contributed by atoms with Gasteiger partial charge in [0.2, 0.25) is 0 Å². The Bertz CT molecular complexity index is 856. The molecule has 0 aliphatic rings. The monoisotopic (exact) mass is 417 g/mol. The van der Waals surface area contributed by atoms with E-state index in [1.807, 2.05) is 0 Å². The van der Waals surface area contributed by atoms with E-state index in [4.69, 9.17) is 9.47 Å². The summed E-state index contributed by atoms with van der Waals surface area (Å²) in [6.07, 6.45) is 0. The van der Waals surface area contributed by atoms with Gasteiger partial charge in [0.1, 0.15) is 18.1 Å². The zero-order valence-electron chi connectivity index (χ0n) is 16.8. The lowest BCUT2D eigenvalue weighted by molar-refractivity contribution is -0.141. The molecule has 0 radical (unpaired) electrons. The van der Waals surface area contributed by atoms with Gasteiger partial charge in [-0.2, -0.15) is 0 Å².